The molecule has 5 aromatic carbocycles. The monoisotopic (exact) mass is 479 g/mol. The molecule has 4 heteroatoms. The quantitative estimate of drug-likeness (QED) is 0.267. The first-order valence-corrected chi connectivity index (χ1v) is 13.0. The van der Waals surface area contributed by atoms with Crippen molar-refractivity contribution in [2.45, 2.75) is 26.7 Å². The van der Waals surface area contributed by atoms with Crippen LogP contribution in [0.15, 0.2) is 66.7 Å². The fourth-order valence-corrected chi connectivity index (χ4v) is 6.98. The van der Waals surface area contributed by atoms with E-state index in [0.29, 0.717) is 0 Å². The van der Waals surface area contributed by atoms with Crippen molar-refractivity contribution in [2.75, 3.05) is 0 Å². The van der Waals surface area contributed by atoms with Crippen LogP contribution < -0.4 is 44.7 Å². The van der Waals surface area contributed by atoms with Crippen LogP contribution in [0.1, 0.15) is 33.4 Å². The maximum atomic E-state index is 6.80. The maximum Gasteiger partial charge on any atom is 1.00 e. The molecule has 0 N–H and O–H groups in total. The van der Waals surface area contributed by atoms with Crippen molar-refractivity contribution >= 4 is 23.1 Å². The van der Waals surface area contributed by atoms with E-state index in [9.17, 15) is 0 Å². The van der Waals surface area contributed by atoms with Crippen molar-refractivity contribution < 1.29 is 28.3 Å². The minimum atomic E-state index is 0. The van der Waals surface area contributed by atoms with E-state index < -0.39 is 0 Å². The predicted molar refractivity (Wildman–Crippen MR) is 148 cm³/mol. The van der Waals surface area contributed by atoms with Crippen LogP contribution in [-0.2, 0) is 12.8 Å². The van der Waals surface area contributed by atoms with Crippen LogP contribution in [0.4, 0.5) is 0 Å². The molecule has 0 bridgehead atoms. The number of aryl methyl sites for hydroxylation is 2. The van der Waals surface area contributed by atoms with Crippen LogP contribution in [0, 0.1) is 26.0 Å². The van der Waals surface area contributed by atoms with Gasteiger partial charge in [-0.05, 0) is 76.2 Å². The average molecular weight is 479 g/mol. The van der Waals surface area contributed by atoms with E-state index in [1.807, 2.05) is 6.07 Å². The van der Waals surface area contributed by atoms with Gasteiger partial charge in [-0.2, -0.15) is 18.2 Å². The van der Waals surface area contributed by atoms with Gasteiger partial charge in [0, 0.05) is 11.5 Å². The smallest absolute Gasteiger partial charge is 0.478 e. The molecule has 0 spiro atoms. The molecule has 5 aromatic rings. The Kier molecular flexibility index (Phi) is 4.53. The molecule has 0 atom stereocenters. The van der Waals surface area contributed by atoms with Gasteiger partial charge in [-0.25, -0.2) is 11.1 Å². The van der Waals surface area contributed by atoms with Crippen LogP contribution >= 0.6 is 0 Å². The zero-order chi connectivity index (χ0) is 24.4. The summed E-state index contributed by atoms with van der Waals surface area (Å²) < 4.78 is 13.3. The summed E-state index contributed by atoms with van der Waals surface area (Å²) in [4.78, 5) is 0. The van der Waals surface area contributed by atoms with Crippen molar-refractivity contribution in [1.82, 2.24) is 0 Å². The summed E-state index contributed by atoms with van der Waals surface area (Å²) in [6, 6.07) is 31.0. The van der Waals surface area contributed by atoms with Crippen molar-refractivity contribution in [3.63, 3.8) is 0 Å². The van der Waals surface area contributed by atoms with E-state index in [1.54, 1.807) is 0 Å². The van der Waals surface area contributed by atoms with E-state index in [2.05, 4.69) is 86.6 Å². The molecule has 0 aromatic heterocycles. The van der Waals surface area contributed by atoms with E-state index in [4.69, 9.17) is 9.47 Å². The molecular weight excluding hydrogens is 458 g/mol. The van der Waals surface area contributed by atoms with Crippen molar-refractivity contribution in [3.8, 4) is 45.3 Å². The number of benzene rings is 5. The van der Waals surface area contributed by atoms with Crippen LogP contribution in [0.5, 0.6) is 23.0 Å². The van der Waals surface area contributed by atoms with Crippen LogP contribution in [0.2, 0.25) is 0 Å². The molecule has 38 heavy (non-hydrogen) atoms. The van der Waals surface area contributed by atoms with Crippen LogP contribution in [0.25, 0.3) is 22.3 Å². The molecule has 0 radical (unpaired) electrons. The van der Waals surface area contributed by atoms with Crippen molar-refractivity contribution in [2.24, 2.45) is 0 Å². The van der Waals surface area contributed by atoms with Gasteiger partial charge in [0.25, 0.3) is 0 Å². The summed E-state index contributed by atoms with van der Waals surface area (Å²) in [5.41, 5.74) is 16.5. The second-order valence-electron chi connectivity index (χ2n) is 10.8. The standard InChI is InChI=1S/C34H21BO2.Li/c1-18-5-3-6-20(11-18)23-15-29-34-30(16-23)37-31-17-26-24-12-19(2)9-10-21(24)13-25(26)27-14-22-7-4-8-28(36-29)32(22)35(34)33(27)31;/h3-5,7-12,16-17H,13-14H2,1-2H3;/q-2;+1. The second-order valence-corrected chi connectivity index (χ2v) is 10.8. The number of hydrogen-bond donors (Lipinski definition) is 0. The predicted octanol–water partition coefficient (Wildman–Crippen LogP) is 2.78. The maximum absolute atomic E-state index is 6.80. The van der Waals surface area contributed by atoms with Gasteiger partial charge in [0.1, 0.15) is 11.5 Å². The molecule has 3 aliphatic heterocycles. The Morgan fingerprint density at radius 1 is 0.684 bits per heavy atom. The minimum Gasteiger partial charge on any atom is -0.478 e. The molecule has 4 aliphatic rings. The van der Waals surface area contributed by atoms with E-state index in [-0.39, 0.29) is 25.6 Å². The van der Waals surface area contributed by atoms with E-state index in [1.165, 1.54) is 55.4 Å². The second kappa shape index (κ2) is 7.70. The first-order chi connectivity index (χ1) is 18.1. The molecule has 0 amide bonds. The third-order valence-corrected chi connectivity index (χ3v) is 8.58. The summed E-state index contributed by atoms with van der Waals surface area (Å²) in [5, 5.41) is 0. The van der Waals surface area contributed by atoms with E-state index in [0.717, 1.165) is 52.4 Å². The molecule has 9 rings (SSSR count). The first-order valence-electron chi connectivity index (χ1n) is 13.0. The SMILES string of the molecule is Cc1cc[c-]c(-c2[c-]c3c4c(c2)Oc2cc5c(c6c2B4c2c(cccc2O3)C6)Cc2ccc(C)cc2-5)c1.[Li+]. The Labute approximate surface area is 234 Å². The van der Waals surface area contributed by atoms with Gasteiger partial charge in [0.2, 0.25) is 6.71 Å². The minimum absolute atomic E-state index is 0. The first kappa shape index (κ1) is 22.4. The number of ether oxygens (including phenoxy) is 2. The number of fused-ring (bicyclic) bond motifs is 4. The van der Waals surface area contributed by atoms with E-state index >= 15 is 0 Å². The fraction of sp³-hybridized carbons (Fsp3) is 0.118. The Bertz CT molecular complexity index is 1870. The Morgan fingerprint density at radius 3 is 2.42 bits per heavy atom. The molecule has 0 unspecified atom stereocenters. The molecule has 3 heterocycles. The number of hydrogen-bond acceptors (Lipinski definition) is 2. The Balaban J connectivity index is 0.00000225. The van der Waals surface area contributed by atoms with Gasteiger partial charge in [-0.15, -0.1) is 23.8 Å². The van der Waals surface area contributed by atoms with Gasteiger partial charge in [0.05, 0.1) is 0 Å². The van der Waals surface area contributed by atoms with Crippen molar-refractivity contribution in [1.29, 1.82) is 0 Å². The third-order valence-electron chi connectivity index (χ3n) is 8.58. The summed E-state index contributed by atoms with van der Waals surface area (Å²) in [6.07, 6.45) is 1.90. The normalized spacial score (nSPS) is 14.0. The zero-order valence-electron chi connectivity index (χ0n) is 21.7. The molecule has 174 valence electrons. The summed E-state index contributed by atoms with van der Waals surface area (Å²) in [5.74, 6) is 3.57. The third kappa shape index (κ3) is 2.87. The molecule has 2 nitrogen and oxygen atoms in total. The van der Waals surface area contributed by atoms with Crippen LogP contribution in [-0.4, -0.2) is 6.71 Å². The average Bonchev–Trinajstić information content (AvgIpc) is 3.26. The topological polar surface area (TPSA) is 18.5 Å². The Morgan fingerprint density at radius 2 is 1.53 bits per heavy atom. The Hall–Kier alpha value is -3.64. The van der Waals surface area contributed by atoms with Gasteiger partial charge < -0.3 is 9.47 Å². The van der Waals surface area contributed by atoms with Gasteiger partial charge in [-0.1, -0.05) is 48.3 Å². The molecule has 0 saturated carbocycles. The molecule has 1 aliphatic carbocycles. The van der Waals surface area contributed by atoms with Crippen molar-refractivity contribution in [3.05, 3.63) is 112 Å². The zero-order valence-corrected chi connectivity index (χ0v) is 21.7. The van der Waals surface area contributed by atoms with Crippen LogP contribution in [0.3, 0.4) is 0 Å². The molecule has 0 fully saturated rings. The fourth-order valence-electron chi connectivity index (χ4n) is 6.98. The van der Waals surface area contributed by atoms with Gasteiger partial charge in [-0.3, -0.25) is 0 Å². The summed E-state index contributed by atoms with van der Waals surface area (Å²) in [7, 11) is 0. The van der Waals surface area contributed by atoms with Gasteiger partial charge in [0.15, 0.2) is 0 Å². The largest absolute Gasteiger partial charge is 1.00 e. The molecule has 0 saturated heterocycles. The summed E-state index contributed by atoms with van der Waals surface area (Å²) >= 11 is 0. The molecular formula is C34H21BLiO2-. The van der Waals surface area contributed by atoms with Gasteiger partial charge >= 0.3 is 18.9 Å². The summed E-state index contributed by atoms with van der Waals surface area (Å²) in [6.45, 7) is 4.39. The number of rotatable bonds is 1.